The molecular formula is C112H115N21O9. The Hall–Kier alpha value is -16.5. The van der Waals surface area contributed by atoms with Gasteiger partial charge >= 0.3 is 17.1 Å². The summed E-state index contributed by atoms with van der Waals surface area (Å²) in [6.45, 7) is 35.0. The molecule has 0 amide bonds. The molecule has 0 saturated heterocycles. The number of nitrogens with zero attached hydrogens (tertiary/aromatic N) is 16. The fourth-order valence-electron chi connectivity index (χ4n) is 17.5. The second-order valence-electron chi connectivity index (χ2n) is 36.8. The number of benzene rings is 10. The summed E-state index contributed by atoms with van der Waals surface area (Å²) in [6.07, 6.45) is 9.11. The summed E-state index contributed by atoms with van der Waals surface area (Å²) in [6, 6.07) is 68.2. The maximum atomic E-state index is 12.4. The monoisotopic (exact) mass is 1900 g/mol. The molecule has 0 spiro atoms. The first-order valence-corrected chi connectivity index (χ1v) is 47.7. The van der Waals surface area contributed by atoms with E-state index in [1.54, 1.807) is 0 Å². The van der Waals surface area contributed by atoms with Crippen LogP contribution >= 0.6 is 0 Å². The van der Waals surface area contributed by atoms with E-state index >= 15 is 0 Å². The molecule has 10 heterocycles. The molecule has 722 valence electrons. The predicted octanol–water partition coefficient (Wildman–Crippen LogP) is 14.4. The fraction of sp³-hybridized carbons (Fsp3) is 0.268. The van der Waals surface area contributed by atoms with Gasteiger partial charge in [-0.3, -0.25) is 38.9 Å². The van der Waals surface area contributed by atoms with Gasteiger partial charge in [0.25, 0.3) is 27.8 Å². The Morgan fingerprint density at radius 2 is 0.697 bits per heavy atom. The minimum absolute atomic E-state index is 0.185. The maximum absolute atomic E-state index is 12.4. The van der Waals surface area contributed by atoms with E-state index in [0.717, 1.165) is 183 Å². The highest BCUT2D eigenvalue weighted by Crippen LogP contribution is 2.39. The van der Waals surface area contributed by atoms with E-state index in [0.29, 0.717) is 83.6 Å². The van der Waals surface area contributed by atoms with Crippen LogP contribution in [0.1, 0.15) is 121 Å². The molecule has 12 aromatic rings. The summed E-state index contributed by atoms with van der Waals surface area (Å²) >= 11 is 0. The highest BCUT2D eigenvalue weighted by Gasteiger charge is 2.28. The van der Waals surface area contributed by atoms with Crippen LogP contribution in [-0.4, -0.2) is 124 Å². The number of H-pyrrole nitrogens is 5. The van der Waals surface area contributed by atoms with Crippen molar-refractivity contribution in [3.63, 3.8) is 0 Å². The van der Waals surface area contributed by atoms with Gasteiger partial charge in [0.05, 0.1) is 55.8 Å². The number of hydrogen-bond donors (Lipinski definition) is 5. The molecule has 2 aromatic heterocycles. The highest BCUT2D eigenvalue weighted by molar-refractivity contribution is 5.84. The number of hydrogen-bond acceptors (Lipinski definition) is 22. The molecule has 0 atom stereocenters. The summed E-state index contributed by atoms with van der Waals surface area (Å²) < 4.78 is 11.6. The summed E-state index contributed by atoms with van der Waals surface area (Å²) in [5, 5.41) is 0.713. The Balaban J connectivity index is 0.000000128. The lowest BCUT2D eigenvalue weighted by Crippen LogP contribution is -2.42. The van der Waals surface area contributed by atoms with Crippen molar-refractivity contribution in [3.8, 4) is 40.3 Å². The smallest absolute Gasteiger partial charge is 0.349 e. The Kier molecular flexibility index (Phi) is 30.3. The molecule has 10 aromatic carbocycles. The van der Waals surface area contributed by atoms with E-state index in [1.807, 2.05) is 149 Å². The molecule has 0 aliphatic carbocycles. The van der Waals surface area contributed by atoms with E-state index in [4.69, 9.17) is 4.74 Å². The largest absolute Gasteiger partial charge is 0.492 e. The van der Waals surface area contributed by atoms with E-state index < -0.39 is 33.7 Å². The third-order valence-corrected chi connectivity index (χ3v) is 25.7. The third-order valence-electron chi connectivity index (χ3n) is 25.7. The fourth-order valence-corrected chi connectivity index (χ4v) is 17.5. The SMILES string of the molecule is C=c1nc2c(c(=O)[nH]1)=Nc1cc(C)c(C)cc1N2CCc1ccccc1.C=c1nc2c(c(=O)[nH]1)=Nc1cc(C)ccc1N2CCCCc1ccccc1.Cc1cc2nc3c(=O)[nH]c(=O)nc-3n(CCCc3ccc(OCCN(C)C)cc3)c2cc1C.Cc1ccc(CCCn2c3nc(=O)[nH]c(=O)c-3nc3cc(C)c(C)cc32)cc1.Cc1cccc(CCCn2c3nc(=O)[nH]c(=O)c-3nc3cc(C)c(C)cc32)c1. The normalized spacial score (nSPS) is 11.8. The van der Waals surface area contributed by atoms with Gasteiger partial charge in [0.1, 0.15) is 23.3 Å². The summed E-state index contributed by atoms with van der Waals surface area (Å²) in [4.78, 5) is 159. The summed E-state index contributed by atoms with van der Waals surface area (Å²) in [7, 11) is 4.04. The molecule has 142 heavy (non-hydrogen) atoms. The Bertz CT molecular complexity index is 8440. The Morgan fingerprint density at radius 3 is 1.15 bits per heavy atom. The lowest BCUT2D eigenvalue weighted by molar-refractivity contribution is 0.261. The first kappa shape index (κ1) is 98.5. The van der Waals surface area contributed by atoms with Crippen LogP contribution in [0.15, 0.2) is 249 Å². The average molecular weight is 1900 g/mol. The number of unbranched alkanes of at least 4 members (excludes halogenated alkanes) is 1. The zero-order valence-corrected chi connectivity index (χ0v) is 82.3. The minimum atomic E-state index is -0.656. The molecular weight excluding hydrogens is 1780 g/mol. The van der Waals surface area contributed by atoms with Crippen LogP contribution in [0.3, 0.4) is 0 Å². The van der Waals surface area contributed by atoms with Gasteiger partial charge in [-0.15, -0.1) is 0 Å². The van der Waals surface area contributed by atoms with Gasteiger partial charge < -0.3 is 43.1 Å². The van der Waals surface area contributed by atoms with E-state index in [1.165, 1.54) is 44.5 Å². The minimum Gasteiger partial charge on any atom is -0.492 e. The van der Waals surface area contributed by atoms with Gasteiger partial charge in [0, 0.05) is 39.3 Å². The highest BCUT2D eigenvalue weighted by atomic mass is 16.5. The van der Waals surface area contributed by atoms with Crippen molar-refractivity contribution in [2.75, 3.05) is 50.1 Å². The number of fused-ring (bicyclic) bond motifs is 10. The first-order valence-electron chi connectivity index (χ1n) is 47.7. The standard InChI is InChI=1S/C25H29N5O3.2C22H22N4O2.C22H22N4O.C21H20N4O/c1-16-14-20-21(15-17(16)2)30(23-22(26-20)24(31)28-25(32)27-23)11-5-6-18-7-9-19(10-8-18)33-13-12-29(3)4;1-13-6-4-7-16(10-13)8-5-9-26-18-12-15(3)14(2)11-17(18)23-19-20(26)24-22(28)25-21(19)27;1-13-6-8-16(9-7-13)5-4-10-26-18-12-15(3)14(2)11-17(18)23-19-20(26)24-22(28)25-21(19)27;1-15-11-12-19-18(14-15)25-20-21(23-16(2)24-22(20)27)26(19)13-7-6-10-17-8-4-3-5-9-17;1-13-11-17-18(12-14(13)2)25(10-9-16-7-5-4-6-8-16)20-19(24-17)21(26)23-15(3)22-20/h7-10,14-15H,5-6,11-13H2,1-4H3,(H,28,31,32);4,6-7,10-12H,5,8-9H2,1-3H3,(H,25,27,28);6-9,11-12H,4-5,10H2,1-3H3,(H,25,27,28);3-5,8-9,11-12,14H,2,6-7,10,13H2,1H3,(H,24,27);4-8,11-12H,3,9-10H2,1-2H3,(H,23,26). The molecule has 0 radical (unpaired) electrons. The zero-order valence-electron chi connectivity index (χ0n) is 82.3. The predicted molar refractivity (Wildman–Crippen MR) is 562 cm³/mol. The van der Waals surface area contributed by atoms with E-state index in [2.05, 4.69) is 258 Å². The van der Waals surface area contributed by atoms with Crippen molar-refractivity contribution >= 4 is 80.6 Å². The molecule has 8 aliphatic heterocycles. The number of anilines is 4. The van der Waals surface area contributed by atoms with Crippen LogP contribution in [-0.2, 0) is 51.7 Å². The number of rotatable bonds is 24. The van der Waals surface area contributed by atoms with Gasteiger partial charge in [0.15, 0.2) is 56.9 Å². The van der Waals surface area contributed by atoms with Gasteiger partial charge in [-0.25, -0.2) is 49.3 Å². The third kappa shape index (κ3) is 23.2. The van der Waals surface area contributed by atoms with Gasteiger partial charge in [-0.05, 0) is 305 Å². The molecule has 30 heteroatoms. The van der Waals surface area contributed by atoms with Crippen LogP contribution < -0.4 is 81.1 Å². The van der Waals surface area contributed by atoms with Crippen molar-refractivity contribution in [2.24, 2.45) is 9.98 Å². The van der Waals surface area contributed by atoms with E-state index in [9.17, 15) is 38.4 Å². The van der Waals surface area contributed by atoms with Crippen LogP contribution in [0.4, 0.5) is 34.4 Å². The zero-order chi connectivity index (χ0) is 100. The number of ether oxygens (including phenoxy) is 1. The number of aromatic amines is 5. The summed E-state index contributed by atoms with van der Waals surface area (Å²) in [5.41, 5.74) is 24.7. The number of nitrogens with one attached hydrogen (secondary N) is 5. The first-order chi connectivity index (χ1) is 68.3. The van der Waals surface area contributed by atoms with Gasteiger partial charge in [-0.2, -0.15) is 15.0 Å². The van der Waals surface area contributed by atoms with Crippen molar-refractivity contribution in [3.05, 3.63) is 394 Å². The number of aromatic nitrogens is 16. The molecule has 8 aliphatic rings. The molecule has 0 bridgehead atoms. The van der Waals surface area contributed by atoms with Crippen LogP contribution in [0, 0.1) is 76.2 Å². The lowest BCUT2D eigenvalue weighted by atomic mass is 10.1. The Labute approximate surface area is 818 Å². The molecule has 0 fully saturated rings. The summed E-state index contributed by atoms with van der Waals surface area (Å²) in [5.74, 6) is 3.04. The van der Waals surface area contributed by atoms with Crippen molar-refractivity contribution in [2.45, 2.75) is 160 Å². The van der Waals surface area contributed by atoms with Gasteiger partial charge in [-0.1, -0.05) is 152 Å². The topological polar surface area (TPSA) is 377 Å². The average Bonchev–Trinajstić information content (AvgIpc) is 0.746. The number of aryl methyl sites for hydroxylation is 18. The molecule has 0 unspecified atom stereocenters. The molecule has 5 N–H and O–H groups in total. The maximum Gasteiger partial charge on any atom is 0.349 e. The lowest BCUT2D eigenvalue weighted by Gasteiger charge is -2.28. The van der Waals surface area contributed by atoms with Crippen LogP contribution in [0.5, 0.6) is 5.75 Å². The van der Waals surface area contributed by atoms with Gasteiger partial charge in [0.2, 0.25) is 0 Å². The Morgan fingerprint density at radius 1 is 0.317 bits per heavy atom. The molecule has 30 nitrogen and oxygen atoms in total. The second-order valence-corrected chi connectivity index (χ2v) is 36.8. The quantitative estimate of drug-likeness (QED) is 0.0277. The van der Waals surface area contributed by atoms with Crippen LogP contribution in [0.2, 0.25) is 0 Å². The van der Waals surface area contributed by atoms with Crippen molar-refractivity contribution in [1.29, 1.82) is 0 Å². The van der Waals surface area contributed by atoms with E-state index in [-0.39, 0.29) is 28.2 Å². The van der Waals surface area contributed by atoms with Crippen LogP contribution in [0.25, 0.3) is 80.8 Å². The van der Waals surface area contributed by atoms with Crippen molar-refractivity contribution < 1.29 is 4.74 Å². The number of likely N-dealkylation sites (N-methyl/N-ethyl adjacent to an activating group) is 1. The second kappa shape index (κ2) is 43.7. The molecule has 0 saturated carbocycles. The molecule has 20 rings (SSSR count). The van der Waals surface area contributed by atoms with Crippen molar-refractivity contribution in [1.82, 2.24) is 83.4 Å².